The van der Waals surface area contributed by atoms with Gasteiger partial charge in [0.15, 0.2) is 0 Å². The Balaban J connectivity index is 2.01. The SMILES string of the molecule is CCCNC1CCN(c2ccc(Br)cc2Cl)CC1C. The van der Waals surface area contributed by atoms with Crippen LogP contribution in [0.3, 0.4) is 0 Å². The molecule has 2 nitrogen and oxygen atoms in total. The quantitative estimate of drug-likeness (QED) is 0.874. The van der Waals surface area contributed by atoms with E-state index in [4.69, 9.17) is 11.6 Å². The zero-order valence-corrected chi connectivity index (χ0v) is 14.0. The lowest BCUT2D eigenvalue weighted by molar-refractivity contribution is 0.322. The molecule has 0 saturated carbocycles. The van der Waals surface area contributed by atoms with Gasteiger partial charge in [0.1, 0.15) is 0 Å². The largest absolute Gasteiger partial charge is 0.370 e. The first-order valence-electron chi connectivity index (χ1n) is 7.05. The van der Waals surface area contributed by atoms with Crippen molar-refractivity contribution in [2.45, 2.75) is 32.7 Å². The van der Waals surface area contributed by atoms with Gasteiger partial charge in [-0.3, -0.25) is 0 Å². The second-order valence-electron chi connectivity index (χ2n) is 5.37. The minimum Gasteiger partial charge on any atom is -0.370 e. The Morgan fingerprint density at radius 2 is 2.26 bits per heavy atom. The fourth-order valence-electron chi connectivity index (χ4n) is 2.74. The van der Waals surface area contributed by atoms with Gasteiger partial charge in [-0.2, -0.15) is 0 Å². The molecule has 1 aromatic rings. The molecular formula is C15H22BrClN2. The van der Waals surface area contributed by atoms with E-state index >= 15 is 0 Å². The lowest BCUT2D eigenvalue weighted by atomic mass is 9.93. The summed E-state index contributed by atoms with van der Waals surface area (Å²) in [4.78, 5) is 2.41. The van der Waals surface area contributed by atoms with Crippen molar-refractivity contribution in [2.24, 2.45) is 5.92 Å². The summed E-state index contributed by atoms with van der Waals surface area (Å²) in [5.41, 5.74) is 1.16. The fraction of sp³-hybridized carbons (Fsp3) is 0.600. The number of anilines is 1. The molecule has 1 aliphatic rings. The highest BCUT2D eigenvalue weighted by Crippen LogP contribution is 2.31. The van der Waals surface area contributed by atoms with E-state index < -0.39 is 0 Å². The molecule has 0 amide bonds. The van der Waals surface area contributed by atoms with Crippen LogP contribution in [-0.2, 0) is 0 Å². The first-order chi connectivity index (χ1) is 9.11. The van der Waals surface area contributed by atoms with E-state index in [0.29, 0.717) is 12.0 Å². The topological polar surface area (TPSA) is 15.3 Å². The number of nitrogens with zero attached hydrogens (tertiary/aromatic N) is 1. The molecule has 0 bridgehead atoms. The number of piperidine rings is 1. The van der Waals surface area contributed by atoms with Gasteiger partial charge in [-0.05, 0) is 43.5 Å². The standard InChI is InChI=1S/C15H22BrClN2/c1-3-7-18-14-6-8-19(10-11(14)2)15-5-4-12(16)9-13(15)17/h4-5,9,11,14,18H,3,6-8,10H2,1-2H3. The summed E-state index contributed by atoms with van der Waals surface area (Å²) in [7, 11) is 0. The molecule has 2 atom stereocenters. The normalized spacial score (nSPS) is 23.7. The second-order valence-corrected chi connectivity index (χ2v) is 6.69. The molecule has 0 spiro atoms. The van der Waals surface area contributed by atoms with Gasteiger partial charge in [0.2, 0.25) is 0 Å². The summed E-state index contributed by atoms with van der Waals surface area (Å²) >= 11 is 9.80. The van der Waals surface area contributed by atoms with E-state index in [1.807, 2.05) is 6.07 Å². The number of hydrogen-bond acceptors (Lipinski definition) is 2. The van der Waals surface area contributed by atoms with Crippen LogP contribution in [0.5, 0.6) is 0 Å². The van der Waals surface area contributed by atoms with Gasteiger partial charge >= 0.3 is 0 Å². The maximum Gasteiger partial charge on any atom is 0.0650 e. The van der Waals surface area contributed by atoms with Crippen molar-refractivity contribution in [1.82, 2.24) is 5.32 Å². The predicted octanol–water partition coefficient (Wildman–Crippen LogP) is 4.32. The number of benzene rings is 1. The van der Waals surface area contributed by atoms with Crippen molar-refractivity contribution in [3.8, 4) is 0 Å². The predicted molar refractivity (Wildman–Crippen MR) is 87.2 cm³/mol. The van der Waals surface area contributed by atoms with E-state index in [1.54, 1.807) is 0 Å². The maximum atomic E-state index is 6.34. The molecule has 4 heteroatoms. The summed E-state index contributed by atoms with van der Waals surface area (Å²) in [6.45, 7) is 7.81. The van der Waals surface area contributed by atoms with E-state index in [-0.39, 0.29) is 0 Å². The van der Waals surface area contributed by atoms with Crippen molar-refractivity contribution >= 4 is 33.2 Å². The molecule has 1 heterocycles. The van der Waals surface area contributed by atoms with Gasteiger partial charge in [-0.1, -0.05) is 41.4 Å². The Labute approximate surface area is 129 Å². The van der Waals surface area contributed by atoms with E-state index in [1.165, 1.54) is 12.8 Å². The average molecular weight is 346 g/mol. The van der Waals surface area contributed by atoms with Gasteiger partial charge in [-0.25, -0.2) is 0 Å². The molecule has 106 valence electrons. The van der Waals surface area contributed by atoms with Crippen LogP contribution in [0.4, 0.5) is 5.69 Å². The Hall–Kier alpha value is -0.250. The van der Waals surface area contributed by atoms with Gasteiger partial charge < -0.3 is 10.2 Å². The molecule has 0 radical (unpaired) electrons. The van der Waals surface area contributed by atoms with E-state index in [2.05, 4.69) is 52.1 Å². The third-order valence-corrected chi connectivity index (χ3v) is 4.61. The Morgan fingerprint density at radius 1 is 1.47 bits per heavy atom. The van der Waals surface area contributed by atoms with Crippen LogP contribution in [0.2, 0.25) is 5.02 Å². The summed E-state index contributed by atoms with van der Waals surface area (Å²) in [5, 5.41) is 4.48. The first-order valence-corrected chi connectivity index (χ1v) is 8.22. The monoisotopic (exact) mass is 344 g/mol. The van der Waals surface area contributed by atoms with Gasteiger partial charge in [-0.15, -0.1) is 0 Å². The number of rotatable bonds is 4. The summed E-state index contributed by atoms with van der Waals surface area (Å²) in [6, 6.07) is 6.79. The molecule has 1 aliphatic heterocycles. The van der Waals surface area contributed by atoms with Crippen LogP contribution in [-0.4, -0.2) is 25.7 Å². The minimum atomic E-state index is 0.644. The zero-order chi connectivity index (χ0) is 13.8. The number of halogens is 2. The third-order valence-electron chi connectivity index (χ3n) is 3.81. The maximum absolute atomic E-state index is 6.34. The average Bonchev–Trinajstić information content (AvgIpc) is 2.37. The van der Waals surface area contributed by atoms with Crippen LogP contribution in [0.15, 0.2) is 22.7 Å². The lowest BCUT2D eigenvalue weighted by Gasteiger charge is -2.39. The molecule has 1 aromatic carbocycles. The van der Waals surface area contributed by atoms with Gasteiger partial charge in [0.25, 0.3) is 0 Å². The molecule has 2 rings (SSSR count). The molecular weight excluding hydrogens is 324 g/mol. The molecule has 0 aromatic heterocycles. The highest BCUT2D eigenvalue weighted by Gasteiger charge is 2.26. The Morgan fingerprint density at radius 3 is 2.89 bits per heavy atom. The highest BCUT2D eigenvalue weighted by molar-refractivity contribution is 9.10. The van der Waals surface area contributed by atoms with Crippen LogP contribution in [0.1, 0.15) is 26.7 Å². The molecule has 2 unspecified atom stereocenters. The number of hydrogen-bond donors (Lipinski definition) is 1. The van der Waals surface area contributed by atoms with Crippen molar-refractivity contribution in [1.29, 1.82) is 0 Å². The van der Waals surface area contributed by atoms with Crippen LogP contribution in [0.25, 0.3) is 0 Å². The summed E-state index contributed by atoms with van der Waals surface area (Å²) in [5.74, 6) is 0.653. The van der Waals surface area contributed by atoms with E-state index in [0.717, 1.165) is 34.8 Å². The van der Waals surface area contributed by atoms with Crippen molar-refractivity contribution < 1.29 is 0 Å². The summed E-state index contributed by atoms with van der Waals surface area (Å²) < 4.78 is 1.04. The minimum absolute atomic E-state index is 0.644. The van der Waals surface area contributed by atoms with Gasteiger partial charge in [0.05, 0.1) is 10.7 Å². The number of nitrogens with one attached hydrogen (secondary N) is 1. The van der Waals surface area contributed by atoms with Crippen molar-refractivity contribution in [3.63, 3.8) is 0 Å². The molecule has 19 heavy (non-hydrogen) atoms. The van der Waals surface area contributed by atoms with Crippen molar-refractivity contribution in [3.05, 3.63) is 27.7 Å². The van der Waals surface area contributed by atoms with Crippen LogP contribution < -0.4 is 10.2 Å². The third kappa shape index (κ3) is 3.87. The molecule has 1 fully saturated rings. The Bertz CT molecular complexity index is 425. The molecule has 1 saturated heterocycles. The first kappa shape index (κ1) is 15.1. The smallest absolute Gasteiger partial charge is 0.0650 e. The highest BCUT2D eigenvalue weighted by atomic mass is 79.9. The zero-order valence-electron chi connectivity index (χ0n) is 11.6. The Kier molecular flexibility index (Phi) is 5.55. The lowest BCUT2D eigenvalue weighted by Crippen LogP contribution is -2.48. The summed E-state index contributed by atoms with van der Waals surface area (Å²) in [6.07, 6.45) is 2.39. The second kappa shape index (κ2) is 6.96. The van der Waals surface area contributed by atoms with Crippen LogP contribution >= 0.6 is 27.5 Å². The van der Waals surface area contributed by atoms with Gasteiger partial charge in [0, 0.05) is 23.6 Å². The fourth-order valence-corrected chi connectivity index (χ4v) is 3.53. The molecule has 1 N–H and O–H groups in total. The van der Waals surface area contributed by atoms with Crippen LogP contribution in [0, 0.1) is 5.92 Å². The van der Waals surface area contributed by atoms with E-state index in [9.17, 15) is 0 Å². The van der Waals surface area contributed by atoms with Crippen molar-refractivity contribution in [2.75, 3.05) is 24.5 Å². The molecule has 0 aliphatic carbocycles.